The first-order chi connectivity index (χ1) is 9.59. The molecule has 0 fully saturated rings. The van der Waals surface area contributed by atoms with Crippen molar-refractivity contribution < 1.29 is 14.7 Å². The number of phenolic OH excluding ortho intramolecular Hbond substituents is 1. The second kappa shape index (κ2) is 6.02. The number of para-hydroxylation sites is 1. The van der Waals surface area contributed by atoms with Gasteiger partial charge in [-0.3, -0.25) is 0 Å². The van der Waals surface area contributed by atoms with Gasteiger partial charge in [0.05, 0.1) is 0 Å². The van der Waals surface area contributed by atoms with Gasteiger partial charge in [0.1, 0.15) is 11.5 Å². The fraction of sp³-hybridized carbons (Fsp3) is 0.125. The van der Waals surface area contributed by atoms with E-state index in [9.17, 15) is 9.90 Å². The summed E-state index contributed by atoms with van der Waals surface area (Å²) in [6, 6.07) is 14.6. The molecular formula is C16H15NO3. The summed E-state index contributed by atoms with van der Waals surface area (Å²) in [4.78, 5) is 15.7. The van der Waals surface area contributed by atoms with Crippen LogP contribution in [0, 0.1) is 6.92 Å². The number of carbonyl (C=O) groups is 1. The van der Waals surface area contributed by atoms with Gasteiger partial charge in [0.2, 0.25) is 0 Å². The molecule has 2 aromatic rings. The molecule has 1 N–H and O–H groups in total. The number of phenols is 1. The molecule has 102 valence electrons. The summed E-state index contributed by atoms with van der Waals surface area (Å²) >= 11 is 0. The molecule has 0 heterocycles. The quantitative estimate of drug-likeness (QED) is 0.529. The number of aryl methyl sites for hydroxylation is 1. The molecule has 0 atom stereocenters. The van der Waals surface area contributed by atoms with Gasteiger partial charge in [-0.15, -0.1) is 0 Å². The zero-order valence-electron chi connectivity index (χ0n) is 11.3. The van der Waals surface area contributed by atoms with Crippen molar-refractivity contribution in [1.82, 2.24) is 0 Å². The lowest BCUT2D eigenvalue weighted by molar-refractivity contribution is -0.140. The fourth-order valence-electron chi connectivity index (χ4n) is 1.81. The van der Waals surface area contributed by atoms with E-state index in [-0.39, 0.29) is 5.75 Å². The topological polar surface area (TPSA) is 58.9 Å². The van der Waals surface area contributed by atoms with Gasteiger partial charge < -0.3 is 9.94 Å². The van der Waals surface area contributed by atoms with Crippen LogP contribution >= 0.6 is 0 Å². The third-order valence-electron chi connectivity index (χ3n) is 2.81. The standard InChI is InChI=1S/C16H15NO3/c1-11-7-6-10-14(16(11)19)15(17-20-12(2)18)13-8-4-3-5-9-13/h3-10,19H,1-2H3/b17-15+. The van der Waals surface area contributed by atoms with Crippen LogP contribution in [0.2, 0.25) is 0 Å². The smallest absolute Gasteiger partial charge is 0.332 e. The molecule has 4 nitrogen and oxygen atoms in total. The maximum atomic E-state index is 11.0. The van der Waals surface area contributed by atoms with Gasteiger partial charge in [0.15, 0.2) is 0 Å². The molecule has 0 saturated carbocycles. The SMILES string of the molecule is CC(=O)O/N=C(\c1ccccc1)c1cccc(C)c1O. The summed E-state index contributed by atoms with van der Waals surface area (Å²) in [5.74, 6) is -0.382. The van der Waals surface area contributed by atoms with Crippen LogP contribution in [0.25, 0.3) is 0 Å². The number of hydrogen-bond donors (Lipinski definition) is 1. The highest BCUT2D eigenvalue weighted by Crippen LogP contribution is 2.25. The molecule has 0 unspecified atom stereocenters. The predicted octanol–water partition coefficient (Wildman–Crippen LogP) is 3.02. The van der Waals surface area contributed by atoms with Crippen LogP contribution in [0.15, 0.2) is 53.7 Å². The average molecular weight is 269 g/mol. The zero-order chi connectivity index (χ0) is 14.5. The van der Waals surface area contributed by atoms with Gasteiger partial charge in [0, 0.05) is 18.1 Å². The van der Waals surface area contributed by atoms with E-state index in [1.54, 1.807) is 19.1 Å². The molecule has 0 aliphatic heterocycles. The van der Waals surface area contributed by atoms with Crippen molar-refractivity contribution in [1.29, 1.82) is 0 Å². The second-order valence-corrected chi connectivity index (χ2v) is 4.36. The lowest BCUT2D eigenvalue weighted by Gasteiger charge is -2.10. The number of carbonyl (C=O) groups excluding carboxylic acids is 1. The Bertz CT molecular complexity index is 648. The van der Waals surface area contributed by atoms with Crippen molar-refractivity contribution in [2.45, 2.75) is 13.8 Å². The van der Waals surface area contributed by atoms with Crippen molar-refractivity contribution in [2.24, 2.45) is 5.16 Å². The highest BCUT2D eigenvalue weighted by atomic mass is 16.7. The molecule has 0 saturated heterocycles. The Hall–Kier alpha value is -2.62. The van der Waals surface area contributed by atoms with Gasteiger partial charge >= 0.3 is 5.97 Å². The minimum Gasteiger partial charge on any atom is -0.507 e. The highest BCUT2D eigenvalue weighted by molar-refractivity contribution is 6.14. The van der Waals surface area contributed by atoms with Crippen molar-refractivity contribution >= 4 is 11.7 Å². The van der Waals surface area contributed by atoms with E-state index in [0.29, 0.717) is 11.3 Å². The summed E-state index contributed by atoms with van der Waals surface area (Å²) in [6.45, 7) is 3.08. The molecule has 0 aromatic heterocycles. The summed E-state index contributed by atoms with van der Waals surface area (Å²) in [6.07, 6.45) is 0. The molecule has 0 bridgehead atoms. The molecule has 2 rings (SSSR count). The molecule has 20 heavy (non-hydrogen) atoms. The predicted molar refractivity (Wildman–Crippen MR) is 76.7 cm³/mol. The van der Waals surface area contributed by atoms with Crippen LogP contribution in [-0.4, -0.2) is 16.8 Å². The molecule has 2 aromatic carbocycles. The molecule has 0 amide bonds. The Morgan fingerprint density at radius 3 is 2.45 bits per heavy atom. The van der Waals surface area contributed by atoms with Crippen LogP contribution < -0.4 is 0 Å². The van der Waals surface area contributed by atoms with Crippen molar-refractivity contribution in [2.75, 3.05) is 0 Å². The van der Waals surface area contributed by atoms with Crippen LogP contribution in [0.5, 0.6) is 5.75 Å². The second-order valence-electron chi connectivity index (χ2n) is 4.36. The van der Waals surface area contributed by atoms with Crippen LogP contribution in [0.3, 0.4) is 0 Å². The minimum atomic E-state index is -0.509. The van der Waals surface area contributed by atoms with E-state index >= 15 is 0 Å². The number of rotatable bonds is 3. The Labute approximate surface area is 117 Å². The van der Waals surface area contributed by atoms with Gasteiger partial charge in [-0.25, -0.2) is 4.79 Å². The highest BCUT2D eigenvalue weighted by Gasteiger charge is 2.14. The summed E-state index contributed by atoms with van der Waals surface area (Å²) in [5.41, 5.74) is 2.43. The maximum absolute atomic E-state index is 11.0. The third-order valence-corrected chi connectivity index (χ3v) is 2.81. The largest absolute Gasteiger partial charge is 0.507 e. The van der Waals surface area contributed by atoms with Gasteiger partial charge in [-0.05, 0) is 18.6 Å². The van der Waals surface area contributed by atoms with E-state index in [0.717, 1.165) is 11.1 Å². The summed E-state index contributed by atoms with van der Waals surface area (Å²) in [5, 5.41) is 14.0. The van der Waals surface area contributed by atoms with Crippen LogP contribution in [-0.2, 0) is 9.63 Å². The van der Waals surface area contributed by atoms with E-state index in [2.05, 4.69) is 5.16 Å². The summed E-state index contributed by atoms with van der Waals surface area (Å²) < 4.78 is 0. The lowest BCUT2D eigenvalue weighted by Crippen LogP contribution is -2.06. The number of benzene rings is 2. The van der Waals surface area contributed by atoms with Crippen LogP contribution in [0.1, 0.15) is 23.6 Å². The minimum absolute atomic E-state index is 0.127. The van der Waals surface area contributed by atoms with Gasteiger partial charge in [-0.2, -0.15) is 0 Å². The molecule has 0 aliphatic rings. The van der Waals surface area contributed by atoms with Crippen molar-refractivity contribution in [3.63, 3.8) is 0 Å². The van der Waals surface area contributed by atoms with E-state index < -0.39 is 5.97 Å². The molecule has 0 aliphatic carbocycles. The normalized spacial score (nSPS) is 11.2. The number of nitrogens with zero attached hydrogens (tertiary/aromatic N) is 1. The first-order valence-electron chi connectivity index (χ1n) is 6.19. The maximum Gasteiger partial charge on any atom is 0.332 e. The Morgan fingerprint density at radius 2 is 1.80 bits per heavy atom. The summed E-state index contributed by atoms with van der Waals surface area (Å²) in [7, 11) is 0. The monoisotopic (exact) mass is 269 g/mol. The Balaban J connectivity index is 2.55. The molecule has 0 spiro atoms. The average Bonchev–Trinajstić information content (AvgIpc) is 2.44. The number of oxime groups is 1. The van der Waals surface area contributed by atoms with Crippen LogP contribution in [0.4, 0.5) is 0 Å². The Morgan fingerprint density at radius 1 is 1.10 bits per heavy atom. The molecule has 4 heteroatoms. The Kier molecular flexibility index (Phi) is 4.15. The first-order valence-corrected chi connectivity index (χ1v) is 6.19. The van der Waals surface area contributed by atoms with Crippen molar-refractivity contribution in [3.8, 4) is 5.75 Å². The lowest BCUT2D eigenvalue weighted by atomic mass is 9.99. The van der Waals surface area contributed by atoms with Gasteiger partial charge in [-0.1, -0.05) is 47.6 Å². The van der Waals surface area contributed by atoms with E-state index in [1.807, 2.05) is 36.4 Å². The van der Waals surface area contributed by atoms with E-state index in [4.69, 9.17) is 4.84 Å². The number of hydrogen-bond acceptors (Lipinski definition) is 4. The first kappa shape index (κ1) is 13.8. The zero-order valence-corrected chi connectivity index (χ0v) is 11.3. The van der Waals surface area contributed by atoms with Gasteiger partial charge in [0.25, 0.3) is 0 Å². The molecular weight excluding hydrogens is 254 g/mol. The fourth-order valence-corrected chi connectivity index (χ4v) is 1.81. The van der Waals surface area contributed by atoms with E-state index in [1.165, 1.54) is 6.92 Å². The molecule has 0 radical (unpaired) electrons. The van der Waals surface area contributed by atoms with Crippen molar-refractivity contribution in [3.05, 3.63) is 65.2 Å². The number of aromatic hydroxyl groups is 1. The third kappa shape index (κ3) is 3.03.